The highest BCUT2D eigenvalue weighted by Gasteiger charge is 2.24. The molecule has 1 aliphatic heterocycles. The summed E-state index contributed by atoms with van der Waals surface area (Å²) < 4.78 is 5.78. The van der Waals surface area contributed by atoms with E-state index in [2.05, 4.69) is 29.2 Å². The molecule has 1 aliphatic rings. The number of carbonyl (C=O) groups is 1. The van der Waals surface area contributed by atoms with Crippen LogP contribution in [0.25, 0.3) is 0 Å². The van der Waals surface area contributed by atoms with Crippen LogP contribution >= 0.6 is 0 Å². The van der Waals surface area contributed by atoms with Gasteiger partial charge in [-0.3, -0.25) is 4.79 Å². The van der Waals surface area contributed by atoms with Gasteiger partial charge in [0.1, 0.15) is 6.10 Å². The average molecular weight is 262 g/mol. The molecule has 0 saturated carbocycles. The molecule has 1 aromatic rings. The number of benzene rings is 1. The fraction of sp³-hybridized carbons (Fsp3) is 0.533. The van der Waals surface area contributed by atoms with Crippen molar-refractivity contribution in [3.63, 3.8) is 0 Å². The Bertz CT molecular complexity index is 428. The molecular formula is C15H22N2O2. The van der Waals surface area contributed by atoms with Gasteiger partial charge in [-0.15, -0.1) is 0 Å². The first-order valence-electron chi connectivity index (χ1n) is 6.78. The molecule has 0 N–H and O–H groups in total. The highest BCUT2D eigenvalue weighted by atomic mass is 16.5. The third-order valence-corrected chi connectivity index (χ3v) is 3.50. The lowest BCUT2D eigenvalue weighted by Crippen LogP contribution is -2.41. The van der Waals surface area contributed by atoms with Crippen LogP contribution in [0, 0.1) is 0 Å². The summed E-state index contributed by atoms with van der Waals surface area (Å²) in [4.78, 5) is 15.7. The summed E-state index contributed by atoms with van der Waals surface area (Å²) in [5.74, 6) is 0.207. The van der Waals surface area contributed by atoms with Crippen molar-refractivity contribution in [2.45, 2.75) is 19.4 Å². The van der Waals surface area contributed by atoms with Gasteiger partial charge in [-0.1, -0.05) is 19.1 Å². The minimum absolute atomic E-state index is 0.000428. The van der Waals surface area contributed by atoms with E-state index in [-0.39, 0.29) is 12.0 Å². The number of rotatable bonds is 3. The van der Waals surface area contributed by atoms with E-state index in [0.717, 1.165) is 5.56 Å². The first-order chi connectivity index (χ1) is 9.11. The van der Waals surface area contributed by atoms with Gasteiger partial charge in [0.05, 0.1) is 13.2 Å². The van der Waals surface area contributed by atoms with Crippen molar-refractivity contribution in [3.05, 3.63) is 29.8 Å². The topological polar surface area (TPSA) is 32.8 Å². The molecule has 0 aromatic heterocycles. The standard InChI is InChI=1S/C15H22N2O2/c1-4-15(18)17-9-10-19-14(11-17)12-5-7-13(8-6-12)16(2)3/h5-8,14H,4,9-11H2,1-3H3. The van der Waals surface area contributed by atoms with Crippen LogP contribution in [-0.2, 0) is 9.53 Å². The third-order valence-electron chi connectivity index (χ3n) is 3.50. The van der Waals surface area contributed by atoms with E-state index in [1.165, 1.54) is 5.69 Å². The Morgan fingerprint density at radius 2 is 2.05 bits per heavy atom. The van der Waals surface area contributed by atoms with Crippen LogP contribution in [0.3, 0.4) is 0 Å². The molecule has 0 aliphatic carbocycles. The number of amides is 1. The summed E-state index contributed by atoms with van der Waals surface area (Å²) in [7, 11) is 4.04. The van der Waals surface area contributed by atoms with Gasteiger partial charge in [0.15, 0.2) is 0 Å². The molecule has 1 unspecified atom stereocenters. The molecule has 4 nitrogen and oxygen atoms in total. The zero-order chi connectivity index (χ0) is 13.8. The second kappa shape index (κ2) is 6.06. The first-order valence-corrected chi connectivity index (χ1v) is 6.78. The lowest BCUT2D eigenvalue weighted by atomic mass is 10.1. The quantitative estimate of drug-likeness (QED) is 0.836. The van der Waals surface area contributed by atoms with Gasteiger partial charge in [0.2, 0.25) is 5.91 Å². The van der Waals surface area contributed by atoms with Gasteiger partial charge in [-0.25, -0.2) is 0 Å². The van der Waals surface area contributed by atoms with Gasteiger partial charge < -0.3 is 14.5 Å². The van der Waals surface area contributed by atoms with E-state index in [0.29, 0.717) is 26.1 Å². The molecule has 4 heteroatoms. The smallest absolute Gasteiger partial charge is 0.222 e. The zero-order valence-electron chi connectivity index (χ0n) is 11.9. The molecule has 1 saturated heterocycles. The summed E-state index contributed by atoms with van der Waals surface area (Å²) >= 11 is 0. The number of hydrogen-bond acceptors (Lipinski definition) is 3. The molecule has 0 radical (unpaired) electrons. The number of morpholine rings is 1. The second-order valence-corrected chi connectivity index (χ2v) is 5.04. The summed E-state index contributed by atoms with van der Waals surface area (Å²) in [6.07, 6.45) is 0.562. The Morgan fingerprint density at radius 1 is 1.37 bits per heavy atom. The number of anilines is 1. The highest BCUT2D eigenvalue weighted by molar-refractivity contribution is 5.75. The highest BCUT2D eigenvalue weighted by Crippen LogP contribution is 2.24. The summed E-state index contributed by atoms with van der Waals surface area (Å²) in [6, 6.07) is 8.33. The normalized spacial score (nSPS) is 19.3. The van der Waals surface area contributed by atoms with Gasteiger partial charge in [0, 0.05) is 32.7 Å². The van der Waals surface area contributed by atoms with Crippen LogP contribution in [0.15, 0.2) is 24.3 Å². The van der Waals surface area contributed by atoms with Crippen LogP contribution in [0.4, 0.5) is 5.69 Å². The van der Waals surface area contributed by atoms with E-state index < -0.39 is 0 Å². The summed E-state index contributed by atoms with van der Waals surface area (Å²) in [5.41, 5.74) is 2.31. The van der Waals surface area contributed by atoms with Crippen molar-refractivity contribution in [2.24, 2.45) is 0 Å². The maximum absolute atomic E-state index is 11.8. The van der Waals surface area contributed by atoms with Crippen molar-refractivity contribution < 1.29 is 9.53 Å². The van der Waals surface area contributed by atoms with Crippen molar-refractivity contribution in [1.29, 1.82) is 0 Å². The van der Waals surface area contributed by atoms with Crippen molar-refractivity contribution >= 4 is 11.6 Å². The predicted molar refractivity (Wildman–Crippen MR) is 76.3 cm³/mol. The van der Waals surface area contributed by atoms with Gasteiger partial charge in [0.25, 0.3) is 0 Å². The number of nitrogens with zero attached hydrogens (tertiary/aromatic N) is 2. The van der Waals surface area contributed by atoms with Crippen molar-refractivity contribution in [1.82, 2.24) is 4.90 Å². The van der Waals surface area contributed by atoms with Crippen molar-refractivity contribution in [3.8, 4) is 0 Å². The second-order valence-electron chi connectivity index (χ2n) is 5.04. The third kappa shape index (κ3) is 3.26. The van der Waals surface area contributed by atoms with E-state index in [9.17, 15) is 4.79 Å². The Morgan fingerprint density at radius 3 is 2.63 bits per heavy atom. The van der Waals surface area contributed by atoms with Crippen molar-refractivity contribution in [2.75, 3.05) is 38.7 Å². The molecule has 1 aromatic carbocycles. The maximum atomic E-state index is 11.8. The van der Waals surface area contributed by atoms with E-state index in [1.807, 2.05) is 25.9 Å². The Hall–Kier alpha value is -1.55. The molecule has 104 valence electrons. The molecule has 1 amide bonds. The SMILES string of the molecule is CCC(=O)N1CCOC(c2ccc(N(C)C)cc2)C1. The first kappa shape index (κ1) is 13.9. The van der Waals surface area contributed by atoms with E-state index >= 15 is 0 Å². The van der Waals surface area contributed by atoms with Gasteiger partial charge in [-0.2, -0.15) is 0 Å². The zero-order valence-corrected chi connectivity index (χ0v) is 11.9. The molecule has 0 spiro atoms. The van der Waals surface area contributed by atoms with E-state index in [4.69, 9.17) is 4.74 Å². The summed E-state index contributed by atoms with van der Waals surface area (Å²) in [6.45, 7) is 3.89. The minimum Gasteiger partial charge on any atom is -0.378 e. The van der Waals surface area contributed by atoms with Crippen LogP contribution < -0.4 is 4.90 Å². The number of hydrogen-bond donors (Lipinski definition) is 0. The molecular weight excluding hydrogens is 240 g/mol. The Kier molecular flexibility index (Phi) is 4.43. The Balaban J connectivity index is 2.06. The van der Waals surface area contributed by atoms with Crippen LogP contribution in [-0.4, -0.2) is 44.6 Å². The lowest BCUT2D eigenvalue weighted by Gasteiger charge is -2.33. The molecule has 1 fully saturated rings. The minimum atomic E-state index is 0.000428. The molecule has 1 atom stereocenters. The monoisotopic (exact) mass is 262 g/mol. The summed E-state index contributed by atoms with van der Waals surface area (Å²) in [5, 5.41) is 0. The molecule has 2 rings (SSSR count). The molecule has 1 heterocycles. The molecule has 19 heavy (non-hydrogen) atoms. The average Bonchev–Trinajstić information content (AvgIpc) is 2.46. The number of ether oxygens (including phenoxy) is 1. The number of carbonyl (C=O) groups excluding carboxylic acids is 1. The Labute approximate surface area is 115 Å². The van der Waals surface area contributed by atoms with Gasteiger partial charge in [-0.05, 0) is 17.7 Å². The largest absolute Gasteiger partial charge is 0.378 e. The lowest BCUT2D eigenvalue weighted by molar-refractivity contribution is -0.138. The fourth-order valence-corrected chi connectivity index (χ4v) is 2.29. The van der Waals surface area contributed by atoms with E-state index in [1.54, 1.807) is 0 Å². The fourth-order valence-electron chi connectivity index (χ4n) is 2.29. The molecule has 0 bridgehead atoms. The van der Waals surface area contributed by atoms with Crippen LogP contribution in [0.1, 0.15) is 25.0 Å². The van der Waals surface area contributed by atoms with Crippen LogP contribution in [0.5, 0.6) is 0 Å². The predicted octanol–water partition coefficient (Wildman–Crippen LogP) is 2.06. The maximum Gasteiger partial charge on any atom is 0.222 e. The van der Waals surface area contributed by atoms with Gasteiger partial charge >= 0.3 is 0 Å². The van der Waals surface area contributed by atoms with Crippen LogP contribution in [0.2, 0.25) is 0 Å².